The molecule has 82 valence electrons. The van der Waals surface area contributed by atoms with Crippen LogP contribution in [0.3, 0.4) is 0 Å². The number of aliphatic imine (C=N–C) groups is 1. The normalized spacial score (nSPS) is 16.1. The van der Waals surface area contributed by atoms with Crippen molar-refractivity contribution < 1.29 is 0 Å². The Morgan fingerprint density at radius 2 is 2.00 bits per heavy atom. The van der Waals surface area contributed by atoms with Gasteiger partial charge in [-0.1, -0.05) is 19.9 Å². The van der Waals surface area contributed by atoms with Gasteiger partial charge in [0.2, 0.25) is 0 Å². The van der Waals surface area contributed by atoms with Crippen molar-refractivity contribution in [1.29, 1.82) is 0 Å². The van der Waals surface area contributed by atoms with Gasteiger partial charge in [0.15, 0.2) is 0 Å². The van der Waals surface area contributed by atoms with Crippen LogP contribution in [0.1, 0.15) is 25.1 Å². The van der Waals surface area contributed by atoms with E-state index in [1.54, 1.807) is 0 Å². The van der Waals surface area contributed by atoms with E-state index in [0.717, 1.165) is 23.8 Å². The maximum absolute atomic E-state index is 4.48. The quantitative estimate of drug-likeness (QED) is 0.651. The average Bonchev–Trinajstić information content (AvgIpc) is 2.59. The third-order valence-electron chi connectivity index (χ3n) is 2.41. The fraction of sp³-hybridized carbons (Fsp3) is 0.500. The van der Waals surface area contributed by atoms with Gasteiger partial charge in [-0.15, -0.1) is 0 Å². The van der Waals surface area contributed by atoms with Crippen LogP contribution in [0.15, 0.2) is 17.1 Å². The molecule has 3 nitrogen and oxygen atoms in total. The number of anilines is 1. The minimum atomic E-state index is 0.912. The zero-order valence-electron chi connectivity index (χ0n) is 10.2. The molecular formula is C12H19N3. The average molecular weight is 205 g/mol. The van der Waals surface area contributed by atoms with E-state index in [4.69, 9.17) is 0 Å². The summed E-state index contributed by atoms with van der Waals surface area (Å²) in [5.41, 5.74) is 2.33. The first-order chi connectivity index (χ1) is 7.22. The van der Waals surface area contributed by atoms with Crippen LogP contribution in [0, 0.1) is 6.92 Å². The van der Waals surface area contributed by atoms with Gasteiger partial charge in [0.05, 0.1) is 0 Å². The third kappa shape index (κ3) is 2.17. The van der Waals surface area contributed by atoms with Gasteiger partial charge < -0.3 is 4.90 Å². The molecule has 0 bridgehead atoms. The number of amidine groups is 1. The molecule has 1 aliphatic heterocycles. The molecule has 1 aliphatic rings. The lowest BCUT2D eigenvalue weighted by Crippen LogP contribution is -2.22. The molecule has 2 heterocycles. The first-order valence-corrected chi connectivity index (χ1v) is 5.38. The molecule has 0 spiro atoms. The highest BCUT2D eigenvalue weighted by molar-refractivity contribution is 6.03. The van der Waals surface area contributed by atoms with Crippen LogP contribution in [0.4, 0.5) is 5.82 Å². The van der Waals surface area contributed by atoms with E-state index in [9.17, 15) is 0 Å². The lowest BCUT2D eigenvalue weighted by molar-refractivity contribution is 1.13. The van der Waals surface area contributed by atoms with E-state index in [1.807, 2.05) is 40.9 Å². The topological polar surface area (TPSA) is 28.5 Å². The maximum atomic E-state index is 4.48. The summed E-state index contributed by atoms with van der Waals surface area (Å²) < 4.78 is 0. The number of rotatable bonds is 0. The van der Waals surface area contributed by atoms with E-state index < -0.39 is 0 Å². The van der Waals surface area contributed by atoms with Crippen LogP contribution in [-0.2, 0) is 6.42 Å². The first-order valence-electron chi connectivity index (χ1n) is 5.38. The van der Waals surface area contributed by atoms with Gasteiger partial charge in [0.1, 0.15) is 11.7 Å². The highest BCUT2D eigenvalue weighted by Gasteiger charge is 2.22. The van der Waals surface area contributed by atoms with Crippen molar-refractivity contribution in [3.63, 3.8) is 0 Å². The molecule has 3 heteroatoms. The molecule has 0 saturated carbocycles. The van der Waals surface area contributed by atoms with Crippen LogP contribution in [-0.4, -0.2) is 24.9 Å². The zero-order valence-corrected chi connectivity index (χ0v) is 10.2. The van der Waals surface area contributed by atoms with Gasteiger partial charge in [-0.2, -0.15) is 0 Å². The number of fused-ring (bicyclic) bond motifs is 1. The highest BCUT2D eigenvalue weighted by Crippen LogP contribution is 2.25. The van der Waals surface area contributed by atoms with E-state index in [-0.39, 0.29) is 0 Å². The minimum absolute atomic E-state index is 0.912. The fourth-order valence-corrected chi connectivity index (χ4v) is 1.64. The molecule has 0 saturated heterocycles. The van der Waals surface area contributed by atoms with E-state index in [0.29, 0.717) is 0 Å². The van der Waals surface area contributed by atoms with Gasteiger partial charge >= 0.3 is 0 Å². The summed E-state index contributed by atoms with van der Waals surface area (Å²) in [4.78, 5) is 10.8. The molecule has 0 atom stereocenters. The monoisotopic (exact) mass is 205 g/mol. The molecule has 1 aromatic heterocycles. The molecule has 1 aromatic rings. The standard InChI is InChI=1S/C10H13N3.C2H6/c1-7-4-5-8-6-9(11-2)13(3)10(8)12-7;1-2/h4-5H,6H2,1-3H3;1-2H3. The van der Waals surface area contributed by atoms with Crippen molar-refractivity contribution in [2.45, 2.75) is 27.2 Å². The number of aryl methyl sites for hydroxylation is 1. The van der Waals surface area contributed by atoms with Crippen molar-refractivity contribution in [2.24, 2.45) is 4.99 Å². The van der Waals surface area contributed by atoms with E-state index in [2.05, 4.69) is 20.9 Å². The number of likely N-dealkylation sites (N-methyl/N-ethyl adjacent to an activating group) is 1. The fourth-order valence-electron chi connectivity index (χ4n) is 1.64. The number of nitrogens with zero attached hydrogens (tertiary/aromatic N) is 3. The van der Waals surface area contributed by atoms with Crippen LogP contribution in [0.25, 0.3) is 0 Å². The second-order valence-corrected chi connectivity index (χ2v) is 3.31. The zero-order chi connectivity index (χ0) is 11.4. The maximum Gasteiger partial charge on any atom is 0.137 e. The van der Waals surface area contributed by atoms with Gasteiger partial charge in [-0.05, 0) is 13.0 Å². The second-order valence-electron chi connectivity index (χ2n) is 3.31. The Hall–Kier alpha value is -1.38. The van der Waals surface area contributed by atoms with E-state index >= 15 is 0 Å². The predicted octanol–water partition coefficient (Wildman–Crippen LogP) is 2.44. The molecule has 0 radical (unpaired) electrons. The molecule has 0 aliphatic carbocycles. The van der Waals surface area contributed by atoms with Crippen molar-refractivity contribution in [1.82, 2.24) is 4.98 Å². The summed E-state index contributed by atoms with van der Waals surface area (Å²) in [6.07, 6.45) is 0.912. The number of hydrogen-bond acceptors (Lipinski definition) is 2. The Kier molecular flexibility index (Phi) is 3.83. The van der Waals surface area contributed by atoms with Gasteiger partial charge in [0, 0.05) is 31.8 Å². The highest BCUT2D eigenvalue weighted by atomic mass is 15.2. The van der Waals surface area contributed by atoms with Gasteiger partial charge in [-0.25, -0.2) is 4.98 Å². The third-order valence-corrected chi connectivity index (χ3v) is 2.41. The summed E-state index contributed by atoms with van der Waals surface area (Å²) in [5.74, 6) is 2.15. The predicted molar refractivity (Wildman–Crippen MR) is 65.8 cm³/mol. The molecule has 2 rings (SSSR count). The lowest BCUT2D eigenvalue weighted by atomic mass is 10.2. The summed E-state index contributed by atoms with van der Waals surface area (Å²) in [5, 5.41) is 0. The molecule has 0 aromatic carbocycles. The van der Waals surface area contributed by atoms with Crippen molar-refractivity contribution in [2.75, 3.05) is 19.0 Å². The smallest absolute Gasteiger partial charge is 0.137 e. The Balaban J connectivity index is 0.000000531. The molecule has 0 unspecified atom stereocenters. The van der Waals surface area contributed by atoms with Crippen LogP contribution in [0.5, 0.6) is 0 Å². The Bertz CT molecular complexity index is 369. The summed E-state index contributed by atoms with van der Waals surface area (Å²) in [6, 6.07) is 4.18. The summed E-state index contributed by atoms with van der Waals surface area (Å²) >= 11 is 0. The Morgan fingerprint density at radius 3 is 2.60 bits per heavy atom. The first kappa shape index (κ1) is 11.7. The largest absolute Gasteiger partial charge is 0.317 e. The van der Waals surface area contributed by atoms with Crippen LogP contribution >= 0.6 is 0 Å². The molecule has 15 heavy (non-hydrogen) atoms. The summed E-state index contributed by atoms with van der Waals surface area (Å²) in [7, 11) is 3.84. The Labute approximate surface area is 91.9 Å². The number of pyridine rings is 1. The van der Waals surface area contributed by atoms with Crippen molar-refractivity contribution in [3.8, 4) is 0 Å². The number of aromatic nitrogens is 1. The van der Waals surface area contributed by atoms with E-state index in [1.165, 1.54) is 5.56 Å². The summed E-state index contributed by atoms with van der Waals surface area (Å²) in [6.45, 7) is 6.01. The van der Waals surface area contributed by atoms with Gasteiger partial charge in [-0.3, -0.25) is 4.99 Å². The molecule has 0 fully saturated rings. The van der Waals surface area contributed by atoms with Gasteiger partial charge in [0.25, 0.3) is 0 Å². The Morgan fingerprint density at radius 1 is 1.33 bits per heavy atom. The number of hydrogen-bond donors (Lipinski definition) is 0. The SMILES string of the molecule is CC.CN=C1Cc2ccc(C)nc2N1C. The van der Waals surface area contributed by atoms with Crippen molar-refractivity contribution >= 4 is 11.7 Å². The minimum Gasteiger partial charge on any atom is -0.317 e. The van der Waals surface area contributed by atoms with Crippen LogP contribution in [0.2, 0.25) is 0 Å². The molecular weight excluding hydrogens is 186 g/mol. The van der Waals surface area contributed by atoms with Crippen LogP contribution < -0.4 is 4.90 Å². The molecule has 0 N–H and O–H groups in total. The second kappa shape index (κ2) is 4.91. The lowest BCUT2D eigenvalue weighted by Gasteiger charge is -2.11. The van der Waals surface area contributed by atoms with Crippen molar-refractivity contribution in [3.05, 3.63) is 23.4 Å². The molecule has 0 amide bonds.